The van der Waals surface area contributed by atoms with Crippen LogP contribution in [-0.4, -0.2) is 35.6 Å². The first-order valence-electron chi connectivity index (χ1n) is 6.07. The van der Waals surface area contributed by atoms with E-state index in [0.29, 0.717) is 0 Å². The van der Waals surface area contributed by atoms with Gasteiger partial charge in [-0.1, -0.05) is 6.92 Å². The predicted octanol–water partition coefficient (Wildman–Crippen LogP) is 1.21. The van der Waals surface area contributed by atoms with Gasteiger partial charge in [0.15, 0.2) is 0 Å². The van der Waals surface area contributed by atoms with E-state index >= 15 is 0 Å². The molecule has 1 aliphatic rings. The van der Waals surface area contributed by atoms with Crippen LogP contribution in [0.25, 0.3) is 0 Å². The zero-order valence-electron chi connectivity index (χ0n) is 10.0. The van der Waals surface area contributed by atoms with Crippen molar-refractivity contribution in [2.24, 2.45) is 0 Å². The summed E-state index contributed by atoms with van der Waals surface area (Å²) >= 11 is 0. The minimum atomic E-state index is 0.793. The molecule has 2 heterocycles. The number of nitrogens with zero attached hydrogens (tertiary/aromatic N) is 2. The standard InChI is InChI=1S/C8H18N2.C4H4N2/c1-2-5-10-8-3-6-9-7-4-8;1-2-5-4-6-3-1/h8-10H,2-7H2,1H3;1-4H. The Hall–Kier alpha value is -1.00. The van der Waals surface area contributed by atoms with Crippen LogP contribution >= 0.6 is 0 Å². The highest BCUT2D eigenvalue weighted by Gasteiger charge is 2.10. The van der Waals surface area contributed by atoms with Crippen LogP contribution in [0.5, 0.6) is 0 Å². The second kappa shape index (κ2) is 9.24. The lowest BCUT2D eigenvalue weighted by atomic mass is 10.1. The van der Waals surface area contributed by atoms with Crippen molar-refractivity contribution in [3.05, 3.63) is 24.8 Å². The molecule has 1 aliphatic heterocycles. The minimum Gasteiger partial charge on any atom is -0.317 e. The molecule has 2 rings (SSSR count). The largest absolute Gasteiger partial charge is 0.317 e. The van der Waals surface area contributed by atoms with E-state index in [1.807, 2.05) is 0 Å². The molecule has 90 valence electrons. The van der Waals surface area contributed by atoms with E-state index in [-0.39, 0.29) is 0 Å². The third kappa shape index (κ3) is 6.48. The van der Waals surface area contributed by atoms with E-state index < -0.39 is 0 Å². The number of hydrogen-bond acceptors (Lipinski definition) is 4. The molecule has 4 heteroatoms. The molecule has 16 heavy (non-hydrogen) atoms. The maximum absolute atomic E-state index is 3.67. The van der Waals surface area contributed by atoms with Crippen molar-refractivity contribution in [2.75, 3.05) is 19.6 Å². The van der Waals surface area contributed by atoms with Crippen LogP contribution in [0.4, 0.5) is 0 Å². The molecule has 0 saturated carbocycles. The Balaban J connectivity index is 0.000000181. The first kappa shape index (κ1) is 13.1. The fourth-order valence-corrected chi connectivity index (χ4v) is 1.63. The third-order valence-corrected chi connectivity index (χ3v) is 2.50. The van der Waals surface area contributed by atoms with Crippen molar-refractivity contribution >= 4 is 0 Å². The topological polar surface area (TPSA) is 49.8 Å². The van der Waals surface area contributed by atoms with Crippen LogP contribution in [0.2, 0.25) is 0 Å². The van der Waals surface area contributed by atoms with Gasteiger partial charge < -0.3 is 10.6 Å². The van der Waals surface area contributed by atoms with Crippen molar-refractivity contribution in [1.82, 2.24) is 20.6 Å². The van der Waals surface area contributed by atoms with Gasteiger partial charge in [0.25, 0.3) is 0 Å². The maximum atomic E-state index is 3.67. The van der Waals surface area contributed by atoms with Gasteiger partial charge in [-0.3, -0.25) is 0 Å². The molecule has 0 unspecified atom stereocenters. The average molecular weight is 222 g/mol. The Morgan fingerprint density at radius 1 is 1.25 bits per heavy atom. The lowest BCUT2D eigenvalue weighted by Gasteiger charge is -2.23. The summed E-state index contributed by atoms with van der Waals surface area (Å²) in [5, 5.41) is 6.88. The summed E-state index contributed by atoms with van der Waals surface area (Å²) in [7, 11) is 0. The smallest absolute Gasteiger partial charge is 0.115 e. The Morgan fingerprint density at radius 2 is 1.94 bits per heavy atom. The van der Waals surface area contributed by atoms with Gasteiger partial charge in [0.05, 0.1) is 0 Å². The van der Waals surface area contributed by atoms with Crippen LogP contribution in [0.15, 0.2) is 24.8 Å². The molecule has 0 spiro atoms. The number of hydrogen-bond donors (Lipinski definition) is 2. The minimum absolute atomic E-state index is 0.793. The summed E-state index contributed by atoms with van der Waals surface area (Å²) in [4.78, 5) is 7.35. The van der Waals surface area contributed by atoms with E-state index in [4.69, 9.17) is 0 Å². The molecule has 0 bridgehead atoms. The molecule has 1 fully saturated rings. The fourth-order valence-electron chi connectivity index (χ4n) is 1.63. The Kier molecular flexibility index (Phi) is 7.55. The normalized spacial score (nSPS) is 16.3. The summed E-state index contributed by atoms with van der Waals surface area (Å²) in [5.41, 5.74) is 0. The molecule has 1 aromatic heterocycles. The van der Waals surface area contributed by atoms with Crippen LogP contribution in [0, 0.1) is 0 Å². The van der Waals surface area contributed by atoms with Gasteiger partial charge in [0, 0.05) is 18.4 Å². The molecular formula is C12H22N4. The van der Waals surface area contributed by atoms with Crippen molar-refractivity contribution in [3.63, 3.8) is 0 Å². The molecule has 4 nitrogen and oxygen atoms in total. The van der Waals surface area contributed by atoms with Crippen LogP contribution in [-0.2, 0) is 0 Å². The predicted molar refractivity (Wildman–Crippen MR) is 66.2 cm³/mol. The molecule has 1 aromatic rings. The van der Waals surface area contributed by atoms with Gasteiger partial charge in [-0.25, -0.2) is 9.97 Å². The van der Waals surface area contributed by atoms with Gasteiger partial charge in [-0.15, -0.1) is 0 Å². The summed E-state index contributed by atoms with van der Waals surface area (Å²) in [6.07, 6.45) is 8.74. The molecule has 0 amide bonds. The molecule has 2 N–H and O–H groups in total. The second-order valence-corrected chi connectivity index (χ2v) is 3.88. The van der Waals surface area contributed by atoms with Gasteiger partial charge in [0.1, 0.15) is 6.33 Å². The zero-order chi connectivity index (χ0) is 11.5. The van der Waals surface area contributed by atoms with Gasteiger partial charge in [-0.2, -0.15) is 0 Å². The third-order valence-electron chi connectivity index (χ3n) is 2.50. The molecule has 0 radical (unpaired) electrons. The quantitative estimate of drug-likeness (QED) is 0.807. The van der Waals surface area contributed by atoms with Gasteiger partial charge >= 0.3 is 0 Å². The second-order valence-electron chi connectivity index (χ2n) is 3.88. The van der Waals surface area contributed by atoms with E-state index in [0.717, 1.165) is 6.04 Å². The Bertz CT molecular complexity index is 207. The summed E-state index contributed by atoms with van der Waals surface area (Å²) in [6, 6.07) is 2.57. The highest BCUT2D eigenvalue weighted by atomic mass is 15.0. The van der Waals surface area contributed by atoms with Crippen LogP contribution in [0.3, 0.4) is 0 Å². The highest BCUT2D eigenvalue weighted by Crippen LogP contribution is 2.00. The van der Waals surface area contributed by atoms with E-state index in [2.05, 4.69) is 27.5 Å². The number of piperidine rings is 1. The van der Waals surface area contributed by atoms with E-state index in [9.17, 15) is 0 Å². The van der Waals surface area contributed by atoms with Crippen LogP contribution in [0.1, 0.15) is 26.2 Å². The van der Waals surface area contributed by atoms with Crippen molar-refractivity contribution in [3.8, 4) is 0 Å². The fraction of sp³-hybridized carbons (Fsp3) is 0.667. The Labute approximate surface area is 97.9 Å². The first-order valence-corrected chi connectivity index (χ1v) is 6.07. The SMILES string of the molecule is CCCNC1CCNCC1.c1cncnc1. The zero-order valence-corrected chi connectivity index (χ0v) is 10.0. The summed E-state index contributed by atoms with van der Waals surface area (Å²) < 4.78 is 0. The van der Waals surface area contributed by atoms with Gasteiger partial charge in [-0.05, 0) is 45.0 Å². The van der Waals surface area contributed by atoms with Gasteiger partial charge in [0.2, 0.25) is 0 Å². The summed E-state index contributed by atoms with van der Waals surface area (Å²) in [5.74, 6) is 0. The van der Waals surface area contributed by atoms with Crippen molar-refractivity contribution < 1.29 is 0 Å². The first-order chi connectivity index (χ1) is 7.93. The van der Waals surface area contributed by atoms with Crippen molar-refractivity contribution in [2.45, 2.75) is 32.2 Å². The lowest BCUT2D eigenvalue weighted by Crippen LogP contribution is -2.40. The maximum Gasteiger partial charge on any atom is 0.115 e. The van der Waals surface area contributed by atoms with E-state index in [1.54, 1.807) is 18.5 Å². The molecule has 0 aromatic carbocycles. The number of nitrogens with one attached hydrogen (secondary N) is 2. The van der Waals surface area contributed by atoms with E-state index in [1.165, 1.54) is 45.2 Å². The average Bonchev–Trinajstić information content (AvgIpc) is 2.40. The lowest BCUT2D eigenvalue weighted by molar-refractivity contribution is 0.388. The van der Waals surface area contributed by atoms with Crippen LogP contribution < -0.4 is 10.6 Å². The number of rotatable bonds is 3. The number of aromatic nitrogens is 2. The summed E-state index contributed by atoms with van der Waals surface area (Å²) in [6.45, 7) is 5.79. The molecular weight excluding hydrogens is 200 g/mol. The highest BCUT2D eigenvalue weighted by molar-refractivity contribution is 4.74. The molecule has 0 atom stereocenters. The monoisotopic (exact) mass is 222 g/mol. The van der Waals surface area contributed by atoms with Crippen molar-refractivity contribution in [1.29, 1.82) is 0 Å². The molecule has 0 aliphatic carbocycles. The Morgan fingerprint density at radius 3 is 2.38 bits per heavy atom. The molecule has 1 saturated heterocycles.